The van der Waals surface area contributed by atoms with Gasteiger partial charge in [0.15, 0.2) is 0 Å². The first kappa shape index (κ1) is 17.2. The summed E-state index contributed by atoms with van der Waals surface area (Å²) in [5.41, 5.74) is 1.24. The topological polar surface area (TPSA) is 53.6 Å². The lowest BCUT2D eigenvalue weighted by Gasteiger charge is -2.48. The Morgan fingerprint density at radius 1 is 1.04 bits per heavy atom. The van der Waals surface area contributed by atoms with Crippen LogP contribution in [0.2, 0.25) is 0 Å². The molecule has 5 heteroatoms. The van der Waals surface area contributed by atoms with Gasteiger partial charge in [-0.05, 0) is 18.4 Å². The minimum atomic E-state index is -0.0722. The van der Waals surface area contributed by atoms with E-state index in [1.54, 1.807) is 0 Å². The Bertz CT molecular complexity index is 509. The van der Waals surface area contributed by atoms with Gasteiger partial charge < -0.3 is 15.4 Å². The molecule has 2 amide bonds. The van der Waals surface area contributed by atoms with E-state index in [0.29, 0.717) is 6.54 Å². The number of carbonyl (C=O) groups excluding carboxylic acids is 1. The molecule has 2 aliphatic rings. The molecule has 1 aromatic rings. The first-order valence-electron chi connectivity index (χ1n) is 9.17. The van der Waals surface area contributed by atoms with Crippen LogP contribution >= 0.6 is 0 Å². The Morgan fingerprint density at radius 2 is 1.75 bits per heavy atom. The standard InChI is InChI=1S/C19H29N3O2/c23-18(20-15-17-7-3-1-4-8-17)21-16-19(9-5-2-6-10-19)22-11-13-24-14-12-22/h1,3-4,7-8H,2,5-6,9-16H2,(H2,20,21,23). The van der Waals surface area contributed by atoms with Crippen molar-refractivity contribution in [2.45, 2.75) is 44.2 Å². The van der Waals surface area contributed by atoms with Crippen molar-refractivity contribution in [1.82, 2.24) is 15.5 Å². The summed E-state index contributed by atoms with van der Waals surface area (Å²) in [5, 5.41) is 6.09. The number of hydrogen-bond acceptors (Lipinski definition) is 3. The van der Waals surface area contributed by atoms with E-state index in [-0.39, 0.29) is 11.6 Å². The van der Waals surface area contributed by atoms with Gasteiger partial charge in [0.2, 0.25) is 0 Å². The van der Waals surface area contributed by atoms with E-state index in [1.165, 1.54) is 32.1 Å². The van der Waals surface area contributed by atoms with Gasteiger partial charge >= 0.3 is 6.03 Å². The van der Waals surface area contributed by atoms with Crippen LogP contribution in [-0.2, 0) is 11.3 Å². The van der Waals surface area contributed by atoms with E-state index in [4.69, 9.17) is 4.74 Å². The summed E-state index contributed by atoms with van der Waals surface area (Å²) >= 11 is 0. The predicted octanol–water partition coefficient (Wildman–Crippen LogP) is 2.52. The van der Waals surface area contributed by atoms with Crippen molar-refractivity contribution >= 4 is 6.03 Å². The van der Waals surface area contributed by atoms with Crippen LogP contribution < -0.4 is 10.6 Å². The quantitative estimate of drug-likeness (QED) is 0.872. The molecule has 2 fully saturated rings. The van der Waals surface area contributed by atoms with Crippen molar-refractivity contribution in [3.05, 3.63) is 35.9 Å². The number of nitrogens with one attached hydrogen (secondary N) is 2. The van der Waals surface area contributed by atoms with Gasteiger partial charge in [0, 0.05) is 31.7 Å². The Kier molecular flexibility index (Phi) is 6.10. The summed E-state index contributed by atoms with van der Waals surface area (Å²) in [7, 11) is 0. The van der Waals surface area contributed by atoms with E-state index in [9.17, 15) is 4.79 Å². The van der Waals surface area contributed by atoms with Crippen LogP contribution in [0.5, 0.6) is 0 Å². The molecule has 0 unspecified atom stereocenters. The lowest BCUT2D eigenvalue weighted by Crippen LogP contribution is -2.60. The molecule has 0 aromatic heterocycles. The van der Waals surface area contributed by atoms with Crippen molar-refractivity contribution in [1.29, 1.82) is 0 Å². The third kappa shape index (κ3) is 4.48. The number of benzene rings is 1. The SMILES string of the molecule is O=C(NCc1ccccc1)NCC1(N2CCOCC2)CCCCC1. The highest BCUT2D eigenvalue weighted by Crippen LogP contribution is 2.33. The summed E-state index contributed by atoms with van der Waals surface area (Å²) in [6.07, 6.45) is 6.17. The molecule has 1 saturated carbocycles. The van der Waals surface area contributed by atoms with Crippen LogP contribution in [-0.4, -0.2) is 49.3 Å². The van der Waals surface area contributed by atoms with Crippen molar-refractivity contribution < 1.29 is 9.53 Å². The number of rotatable bonds is 5. The van der Waals surface area contributed by atoms with Crippen LogP contribution in [0.3, 0.4) is 0 Å². The van der Waals surface area contributed by atoms with Crippen LogP contribution in [0.1, 0.15) is 37.7 Å². The molecule has 0 bridgehead atoms. The minimum absolute atomic E-state index is 0.0722. The van der Waals surface area contributed by atoms with Crippen molar-refractivity contribution in [2.24, 2.45) is 0 Å². The normalized spacial score (nSPS) is 21.2. The number of morpholine rings is 1. The van der Waals surface area contributed by atoms with Gasteiger partial charge in [-0.15, -0.1) is 0 Å². The zero-order chi connectivity index (χ0) is 16.7. The number of hydrogen-bond donors (Lipinski definition) is 2. The summed E-state index contributed by atoms with van der Waals surface area (Å²) < 4.78 is 5.51. The average molecular weight is 331 g/mol. The molecule has 0 spiro atoms. The fourth-order valence-corrected chi connectivity index (χ4v) is 3.94. The van der Waals surface area contributed by atoms with Crippen LogP contribution in [0.25, 0.3) is 0 Å². The fourth-order valence-electron chi connectivity index (χ4n) is 3.94. The zero-order valence-corrected chi connectivity index (χ0v) is 14.4. The summed E-state index contributed by atoms with van der Waals surface area (Å²) in [4.78, 5) is 14.8. The van der Waals surface area contributed by atoms with Gasteiger partial charge in [0.1, 0.15) is 0 Å². The molecule has 5 nitrogen and oxygen atoms in total. The predicted molar refractivity (Wildman–Crippen MR) is 94.9 cm³/mol. The van der Waals surface area contributed by atoms with Gasteiger partial charge in [-0.25, -0.2) is 4.79 Å². The van der Waals surface area contributed by atoms with Crippen LogP contribution in [0.4, 0.5) is 4.79 Å². The van der Waals surface area contributed by atoms with Crippen molar-refractivity contribution in [3.63, 3.8) is 0 Å². The maximum atomic E-state index is 12.2. The summed E-state index contributed by atoms with van der Waals surface area (Å²) in [5.74, 6) is 0. The highest BCUT2D eigenvalue weighted by atomic mass is 16.5. The second-order valence-electron chi connectivity index (χ2n) is 6.91. The molecule has 0 radical (unpaired) electrons. The Labute approximate surface area is 144 Å². The van der Waals surface area contributed by atoms with E-state index < -0.39 is 0 Å². The average Bonchev–Trinajstić information content (AvgIpc) is 2.67. The summed E-state index contributed by atoms with van der Waals surface area (Å²) in [6.45, 7) is 4.87. The Hall–Kier alpha value is -1.59. The minimum Gasteiger partial charge on any atom is -0.379 e. The second-order valence-corrected chi connectivity index (χ2v) is 6.91. The van der Waals surface area contributed by atoms with E-state index >= 15 is 0 Å². The number of carbonyl (C=O) groups is 1. The van der Waals surface area contributed by atoms with Crippen molar-refractivity contribution in [3.8, 4) is 0 Å². The third-order valence-electron chi connectivity index (χ3n) is 5.34. The van der Waals surface area contributed by atoms with Crippen LogP contribution in [0.15, 0.2) is 30.3 Å². The maximum Gasteiger partial charge on any atom is 0.315 e. The van der Waals surface area contributed by atoms with Crippen LogP contribution in [0, 0.1) is 0 Å². The van der Waals surface area contributed by atoms with Gasteiger partial charge in [-0.3, -0.25) is 4.90 Å². The Morgan fingerprint density at radius 3 is 2.46 bits per heavy atom. The second kappa shape index (κ2) is 8.49. The third-order valence-corrected chi connectivity index (χ3v) is 5.34. The molecule has 1 aliphatic carbocycles. The van der Waals surface area contributed by atoms with Crippen molar-refractivity contribution in [2.75, 3.05) is 32.8 Å². The van der Waals surface area contributed by atoms with Gasteiger partial charge in [0.05, 0.1) is 13.2 Å². The molecule has 1 saturated heterocycles. The number of ether oxygens (including phenoxy) is 1. The number of nitrogens with zero attached hydrogens (tertiary/aromatic N) is 1. The molecule has 1 aromatic carbocycles. The molecule has 1 heterocycles. The lowest BCUT2D eigenvalue weighted by atomic mass is 9.80. The highest BCUT2D eigenvalue weighted by Gasteiger charge is 2.38. The monoisotopic (exact) mass is 331 g/mol. The number of amides is 2. The first-order valence-corrected chi connectivity index (χ1v) is 9.17. The largest absolute Gasteiger partial charge is 0.379 e. The molecule has 1 aliphatic heterocycles. The molecule has 2 N–H and O–H groups in total. The van der Waals surface area contributed by atoms with E-state index in [2.05, 4.69) is 15.5 Å². The molecule has 0 atom stereocenters. The van der Waals surface area contributed by atoms with E-state index in [1.807, 2.05) is 30.3 Å². The molecule has 24 heavy (non-hydrogen) atoms. The van der Waals surface area contributed by atoms with Gasteiger partial charge in [-0.1, -0.05) is 49.6 Å². The summed E-state index contributed by atoms with van der Waals surface area (Å²) in [6, 6.07) is 9.94. The van der Waals surface area contributed by atoms with E-state index in [0.717, 1.165) is 38.4 Å². The molecular weight excluding hydrogens is 302 g/mol. The molecule has 3 rings (SSSR count). The molecular formula is C19H29N3O2. The fraction of sp³-hybridized carbons (Fsp3) is 0.632. The molecule has 132 valence electrons. The highest BCUT2D eigenvalue weighted by molar-refractivity contribution is 5.73. The smallest absolute Gasteiger partial charge is 0.315 e. The maximum absolute atomic E-state index is 12.2. The Balaban J connectivity index is 1.52. The lowest BCUT2D eigenvalue weighted by molar-refractivity contribution is -0.0357. The zero-order valence-electron chi connectivity index (χ0n) is 14.4. The first-order chi connectivity index (χ1) is 11.8. The van der Waals surface area contributed by atoms with Gasteiger partial charge in [0.25, 0.3) is 0 Å². The number of urea groups is 1. The van der Waals surface area contributed by atoms with Gasteiger partial charge in [-0.2, -0.15) is 0 Å².